The summed E-state index contributed by atoms with van der Waals surface area (Å²) < 4.78 is 5.64. The van der Waals surface area contributed by atoms with Gasteiger partial charge < -0.3 is 20.7 Å². The third kappa shape index (κ3) is 3.53. The van der Waals surface area contributed by atoms with E-state index in [0.29, 0.717) is 25.3 Å². The summed E-state index contributed by atoms with van der Waals surface area (Å²) in [6.07, 6.45) is 1.47. The van der Waals surface area contributed by atoms with E-state index in [1.54, 1.807) is 0 Å². The molecule has 1 aliphatic heterocycles. The smallest absolute Gasteiger partial charge is 0.221 e. The highest BCUT2D eigenvalue weighted by Gasteiger charge is 2.15. The summed E-state index contributed by atoms with van der Waals surface area (Å²) in [6.45, 7) is 4.93. The van der Waals surface area contributed by atoms with Gasteiger partial charge in [0.2, 0.25) is 5.91 Å². The van der Waals surface area contributed by atoms with Gasteiger partial charge in [0.1, 0.15) is 5.75 Å². The van der Waals surface area contributed by atoms with Crippen molar-refractivity contribution in [3.8, 4) is 5.75 Å². The molecule has 0 spiro atoms. The summed E-state index contributed by atoms with van der Waals surface area (Å²) in [5, 5.41) is 2.87. The molecule has 0 radical (unpaired) electrons. The number of carbonyl (C=O) groups is 1. The zero-order valence-corrected chi connectivity index (χ0v) is 11.3. The minimum atomic E-state index is 0.111. The maximum atomic E-state index is 11.3. The van der Waals surface area contributed by atoms with Crippen LogP contribution in [0.25, 0.3) is 0 Å². The first kappa shape index (κ1) is 13.5. The first-order valence-electron chi connectivity index (χ1n) is 6.74. The molecule has 1 heterocycles. The van der Waals surface area contributed by atoms with Crippen LogP contribution < -0.4 is 20.7 Å². The molecular weight excluding hydrogens is 242 g/mol. The van der Waals surface area contributed by atoms with Crippen molar-refractivity contribution in [3.05, 3.63) is 18.2 Å². The normalized spacial score (nSPS) is 15.8. The van der Waals surface area contributed by atoms with Gasteiger partial charge in [0.25, 0.3) is 0 Å². The van der Waals surface area contributed by atoms with Crippen LogP contribution in [0.1, 0.15) is 19.8 Å². The molecule has 2 rings (SSSR count). The summed E-state index contributed by atoms with van der Waals surface area (Å²) >= 11 is 0. The van der Waals surface area contributed by atoms with Gasteiger partial charge in [-0.15, -0.1) is 0 Å². The van der Waals surface area contributed by atoms with Gasteiger partial charge in [-0.3, -0.25) is 4.79 Å². The number of ether oxygens (including phenoxy) is 1. The molecule has 1 saturated heterocycles. The van der Waals surface area contributed by atoms with Crippen molar-refractivity contribution in [2.24, 2.45) is 0 Å². The zero-order valence-electron chi connectivity index (χ0n) is 11.3. The van der Waals surface area contributed by atoms with E-state index in [2.05, 4.69) is 17.1 Å². The molecule has 1 amide bonds. The molecule has 0 aromatic heterocycles. The molecular formula is C14H21N3O2. The number of nitrogens with one attached hydrogen (secondary N) is 1. The van der Waals surface area contributed by atoms with Crippen molar-refractivity contribution in [1.29, 1.82) is 0 Å². The largest absolute Gasteiger partial charge is 0.491 e. The summed E-state index contributed by atoms with van der Waals surface area (Å²) in [5.41, 5.74) is 7.61. The Bertz CT molecular complexity index is 448. The molecule has 1 aliphatic rings. The van der Waals surface area contributed by atoms with Crippen molar-refractivity contribution in [3.63, 3.8) is 0 Å². The number of rotatable bonds is 4. The van der Waals surface area contributed by atoms with Gasteiger partial charge in [-0.1, -0.05) is 6.92 Å². The average Bonchev–Trinajstić information content (AvgIpc) is 2.63. The molecule has 3 N–H and O–H groups in total. The molecule has 0 saturated carbocycles. The second kappa shape index (κ2) is 6.31. The minimum Gasteiger partial charge on any atom is -0.491 e. The highest BCUT2D eigenvalue weighted by Crippen LogP contribution is 2.28. The van der Waals surface area contributed by atoms with Crippen LogP contribution in [-0.4, -0.2) is 32.1 Å². The van der Waals surface area contributed by atoms with E-state index < -0.39 is 0 Å². The Labute approximate surface area is 113 Å². The van der Waals surface area contributed by atoms with Crippen molar-refractivity contribution in [2.45, 2.75) is 19.8 Å². The van der Waals surface area contributed by atoms with E-state index in [-0.39, 0.29) is 5.91 Å². The lowest BCUT2D eigenvalue weighted by molar-refractivity contribution is -0.120. The Morgan fingerprint density at radius 1 is 1.42 bits per heavy atom. The Kier molecular flexibility index (Phi) is 4.49. The lowest BCUT2D eigenvalue weighted by atomic mass is 10.2. The van der Waals surface area contributed by atoms with Crippen LogP contribution in [0.5, 0.6) is 5.75 Å². The predicted molar refractivity (Wildman–Crippen MR) is 76.5 cm³/mol. The van der Waals surface area contributed by atoms with Crippen LogP contribution in [0.2, 0.25) is 0 Å². The number of carbonyl (C=O) groups excluding carboxylic acids is 1. The fourth-order valence-corrected chi connectivity index (χ4v) is 2.08. The molecule has 0 bridgehead atoms. The van der Waals surface area contributed by atoms with Crippen LogP contribution in [0.3, 0.4) is 0 Å². The van der Waals surface area contributed by atoms with Gasteiger partial charge in [-0.2, -0.15) is 0 Å². The maximum Gasteiger partial charge on any atom is 0.221 e. The van der Waals surface area contributed by atoms with Gasteiger partial charge >= 0.3 is 0 Å². The van der Waals surface area contributed by atoms with Crippen LogP contribution in [0, 0.1) is 0 Å². The SMILES string of the molecule is CCCOc1cc(N2CCNC(=O)CC2)ccc1N. The van der Waals surface area contributed by atoms with Crippen LogP contribution in [0.4, 0.5) is 11.4 Å². The van der Waals surface area contributed by atoms with E-state index in [1.165, 1.54) is 0 Å². The van der Waals surface area contributed by atoms with Crippen molar-refractivity contribution >= 4 is 17.3 Å². The number of nitrogens with zero attached hydrogens (tertiary/aromatic N) is 1. The minimum absolute atomic E-state index is 0.111. The summed E-state index contributed by atoms with van der Waals surface area (Å²) in [4.78, 5) is 13.5. The van der Waals surface area contributed by atoms with E-state index in [1.807, 2.05) is 18.2 Å². The third-order valence-corrected chi connectivity index (χ3v) is 3.14. The number of hydrogen-bond donors (Lipinski definition) is 2. The van der Waals surface area contributed by atoms with E-state index in [4.69, 9.17) is 10.5 Å². The third-order valence-electron chi connectivity index (χ3n) is 3.14. The van der Waals surface area contributed by atoms with Gasteiger partial charge in [-0.25, -0.2) is 0 Å². The van der Waals surface area contributed by atoms with Gasteiger partial charge in [0.15, 0.2) is 0 Å². The Morgan fingerprint density at radius 3 is 3.05 bits per heavy atom. The molecule has 0 atom stereocenters. The molecule has 0 unspecified atom stereocenters. The predicted octanol–water partition coefficient (Wildman–Crippen LogP) is 1.38. The maximum absolute atomic E-state index is 11.3. The first-order valence-corrected chi connectivity index (χ1v) is 6.74. The zero-order chi connectivity index (χ0) is 13.7. The molecule has 0 aliphatic carbocycles. The molecule has 104 valence electrons. The van der Waals surface area contributed by atoms with Crippen molar-refractivity contribution < 1.29 is 9.53 Å². The molecule has 1 fully saturated rings. The Morgan fingerprint density at radius 2 is 2.26 bits per heavy atom. The summed E-state index contributed by atoms with van der Waals surface area (Å²) in [7, 11) is 0. The molecule has 5 nitrogen and oxygen atoms in total. The number of anilines is 2. The topological polar surface area (TPSA) is 67.6 Å². The van der Waals surface area contributed by atoms with Crippen LogP contribution >= 0.6 is 0 Å². The van der Waals surface area contributed by atoms with Crippen LogP contribution in [0.15, 0.2) is 18.2 Å². The van der Waals surface area contributed by atoms with Gasteiger partial charge in [0.05, 0.1) is 12.3 Å². The van der Waals surface area contributed by atoms with E-state index in [9.17, 15) is 4.79 Å². The first-order chi connectivity index (χ1) is 9.20. The lowest BCUT2D eigenvalue weighted by Crippen LogP contribution is -2.28. The highest BCUT2D eigenvalue weighted by atomic mass is 16.5. The number of nitrogen functional groups attached to an aromatic ring is 1. The monoisotopic (exact) mass is 263 g/mol. The van der Waals surface area contributed by atoms with Crippen LogP contribution in [-0.2, 0) is 4.79 Å². The number of hydrogen-bond acceptors (Lipinski definition) is 4. The lowest BCUT2D eigenvalue weighted by Gasteiger charge is -2.23. The second-order valence-corrected chi connectivity index (χ2v) is 4.66. The van der Waals surface area contributed by atoms with E-state index in [0.717, 1.165) is 30.9 Å². The van der Waals surface area contributed by atoms with Crippen molar-refractivity contribution in [1.82, 2.24) is 5.32 Å². The Hall–Kier alpha value is -1.91. The van der Waals surface area contributed by atoms with Crippen molar-refractivity contribution in [2.75, 3.05) is 36.9 Å². The fraction of sp³-hybridized carbons (Fsp3) is 0.500. The number of benzene rings is 1. The second-order valence-electron chi connectivity index (χ2n) is 4.66. The number of nitrogens with two attached hydrogens (primary N) is 1. The van der Waals surface area contributed by atoms with Gasteiger partial charge in [0, 0.05) is 37.8 Å². The quantitative estimate of drug-likeness (QED) is 0.805. The fourth-order valence-electron chi connectivity index (χ4n) is 2.08. The molecule has 1 aromatic carbocycles. The summed E-state index contributed by atoms with van der Waals surface area (Å²) in [5.74, 6) is 0.836. The average molecular weight is 263 g/mol. The molecule has 5 heteroatoms. The summed E-state index contributed by atoms with van der Waals surface area (Å²) in [6, 6.07) is 5.80. The van der Waals surface area contributed by atoms with E-state index >= 15 is 0 Å². The molecule has 19 heavy (non-hydrogen) atoms. The number of amides is 1. The van der Waals surface area contributed by atoms with Gasteiger partial charge in [-0.05, 0) is 18.6 Å². The highest BCUT2D eigenvalue weighted by molar-refractivity contribution is 5.77. The molecule has 1 aromatic rings. The standard InChI is InChI=1S/C14H21N3O2/c1-2-9-19-13-10-11(3-4-12(13)15)17-7-5-14(18)16-6-8-17/h3-4,10H,2,5-9,15H2,1H3,(H,16,18). The Balaban J connectivity index is 2.12.